The molecule has 2 heterocycles. The number of hydrogen-bond donors (Lipinski definition) is 2. The number of aryl methyl sites for hydroxylation is 1. The molecule has 2 N–H and O–H groups in total. The van der Waals surface area contributed by atoms with Crippen LogP contribution in [0.5, 0.6) is 0 Å². The van der Waals surface area contributed by atoms with Crippen LogP contribution in [0, 0.1) is 6.92 Å². The molecule has 0 saturated carbocycles. The molecule has 0 radical (unpaired) electrons. The summed E-state index contributed by atoms with van der Waals surface area (Å²) in [5, 5.41) is 9.20. The number of nitrogens with zero attached hydrogens (tertiary/aromatic N) is 1. The van der Waals surface area contributed by atoms with Gasteiger partial charge in [-0.1, -0.05) is 12.1 Å². The fourth-order valence-electron chi connectivity index (χ4n) is 2.01. The average molecular weight is 305 g/mol. The zero-order chi connectivity index (χ0) is 13.9. The van der Waals surface area contributed by atoms with E-state index >= 15 is 0 Å². The molecule has 0 spiro atoms. The maximum Gasteiger partial charge on any atom is 0.242 e. The lowest BCUT2D eigenvalue weighted by Crippen LogP contribution is -2.37. The van der Waals surface area contributed by atoms with Gasteiger partial charge in [-0.15, -0.1) is 23.1 Å². The maximum absolute atomic E-state index is 12.0. The molecule has 1 saturated heterocycles. The van der Waals surface area contributed by atoms with Crippen LogP contribution in [-0.2, 0) is 4.79 Å². The van der Waals surface area contributed by atoms with Crippen LogP contribution in [0.3, 0.4) is 0 Å². The molecule has 0 aliphatic carbocycles. The number of hydrogen-bond acceptors (Lipinski definition) is 5. The molecule has 1 aromatic heterocycles. The summed E-state index contributed by atoms with van der Waals surface area (Å²) in [6.07, 6.45) is 0. The highest BCUT2D eigenvalue weighted by atomic mass is 32.2. The van der Waals surface area contributed by atoms with Crippen molar-refractivity contribution < 1.29 is 4.79 Å². The molecule has 2 aromatic rings. The van der Waals surface area contributed by atoms with E-state index in [1.165, 1.54) is 0 Å². The van der Waals surface area contributed by atoms with Gasteiger partial charge in [0.25, 0.3) is 0 Å². The van der Waals surface area contributed by atoms with Crippen molar-refractivity contribution in [3.8, 4) is 11.3 Å². The molecule has 104 valence electrons. The predicted molar refractivity (Wildman–Crippen MR) is 85.2 cm³/mol. The summed E-state index contributed by atoms with van der Waals surface area (Å²) >= 11 is 3.38. The Labute approximate surface area is 126 Å². The fraction of sp³-hybridized carbons (Fsp3) is 0.286. The summed E-state index contributed by atoms with van der Waals surface area (Å²) < 4.78 is 0. The molecule has 1 aliphatic heterocycles. The number of carbonyl (C=O) groups excluding carboxylic acids is 1. The molecule has 1 aromatic carbocycles. The van der Waals surface area contributed by atoms with Gasteiger partial charge in [-0.05, 0) is 19.1 Å². The summed E-state index contributed by atoms with van der Waals surface area (Å²) in [5.74, 6) is 1.72. The van der Waals surface area contributed by atoms with Gasteiger partial charge in [0.1, 0.15) is 0 Å². The van der Waals surface area contributed by atoms with Crippen LogP contribution < -0.4 is 10.6 Å². The molecule has 3 rings (SSSR count). The lowest BCUT2D eigenvalue weighted by molar-refractivity contribution is -0.117. The second-order valence-corrected chi connectivity index (χ2v) is 6.68. The first-order valence-electron chi connectivity index (χ1n) is 6.37. The number of amides is 1. The van der Waals surface area contributed by atoms with E-state index in [1.807, 2.05) is 36.6 Å². The van der Waals surface area contributed by atoms with Crippen LogP contribution in [0.1, 0.15) is 5.01 Å². The van der Waals surface area contributed by atoms with Crippen LogP contribution in [0.25, 0.3) is 11.3 Å². The highest BCUT2D eigenvalue weighted by molar-refractivity contribution is 7.99. The smallest absolute Gasteiger partial charge is 0.242 e. The SMILES string of the molecule is Cc1nc(-c2ccc(NC(=O)C3CSCN3)cc2)cs1. The van der Waals surface area contributed by atoms with Crippen molar-refractivity contribution in [1.29, 1.82) is 0 Å². The van der Waals surface area contributed by atoms with Gasteiger partial charge in [0.05, 0.1) is 16.7 Å². The quantitative estimate of drug-likeness (QED) is 0.915. The van der Waals surface area contributed by atoms with Crippen molar-refractivity contribution in [3.05, 3.63) is 34.7 Å². The lowest BCUT2D eigenvalue weighted by atomic mass is 10.1. The van der Waals surface area contributed by atoms with E-state index in [-0.39, 0.29) is 11.9 Å². The Morgan fingerprint density at radius 1 is 1.40 bits per heavy atom. The number of benzene rings is 1. The Bertz CT molecular complexity index is 603. The zero-order valence-corrected chi connectivity index (χ0v) is 12.7. The third-order valence-electron chi connectivity index (χ3n) is 3.10. The number of aromatic nitrogens is 1. The van der Waals surface area contributed by atoms with E-state index < -0.39 is 0 Å². The summed E-state index contributed by atoms with van der Waals surface area (Å²) in [4.78, 5) is 16.4. The second kappa shape index (κ2) is 5.95. The molecule has 1 fully saturated rings. The van der Waals surface area contributed by atoms with E-state index in [2.05, 4.69) is 15.6 Å². The van der Waals surface area contributed by atoms with Crippen LogP contribution in [0.4, 0.5) is 5.69 Å². The summed E-state index contributed by atoms with van der Waals surface area (Å²) in [7, 11) is 0. The van der Waals surface area contributed by atoms with Crippen molar-refractivity contribution in [1.82, 2.24) is 10.3 Å². The lowest BCUT2D eigenvalue weighted by Gasteiger charge is -2.10. The van der Waals surface area contributed by atoms with E-state index in [1.54, 1.807) is 23.1 Å². The van der Waals surface area contributed by atoms with E-state index in [0.717, 1.165) is 33.6 Å². The first-order valence-corrected chi connectivity index (χ1v) is 8.40. The highest BCUT2D eigenvalue weighted by Crippen LogP contribution is 2.23. The van der Waals surface area contributed by atoms with Crippen molar-refractivity contribution in [3.63, 3.8) is 0 Å². The number of thioether (sulfide) groups is 1. The molecular weight excluding hydrogens is 290 g/mol. The summed E-state index contributed by atoms with van der Waals surface area (Å²) in [6, 6.07) is 7.73. The Hall–Kier alpha value is -1.37. The number of nitrogens with one attached hydrogen (secondary N) is 2. The van der Waals surface area contributed by atoms with Gasteiger partial charge >= 0.3 is 0 Å². The Morgan fingerprint density at radius 3 is 2.80 bits per heavy atom. The summed E-state index contributed by atoms with van der Waals surface area (Å²) in [6.45, 7) is 2.00. The standard InChI is InChI=1S/C14H15N3OS2/c1-9-16-12(7-20-9)10-2-4-11(5-3-10)17-14(18)13-6-19-8-15-13/h2-5,7,13,15H,6,8H2,1H3,(H,17,18). The fourth-order valence-corrected chi connectivity index (χ4v) is 3.58. The monoisotopic (exact) mass is 305 g/mol. The predicted octanol–water partition coefficient (Wildman–Crippen LogP) is 2.72. The van der Waals surface area contributed by atoms with Crippen LogP contribution >= 0.6 is 23.1 Å². The third kappa shape index (κ3) is 3.03. The molecule has 1 unspecified atom stereocenters. The van der Waals surface area contributed by atoms with Gasteiger partial charge in [-0.2, -0.15) is 0 Å². The first kappa shape index (κ1) is 13.6. The Kier molecular flexibility index (Phi) is 4.05. The molecule has 20 heavy (non-hydrogen) atoms. The van der Waals surface area contributed by atoms with Gasteiger partial charge in [0.15, 0.2) is 0 Å². The first-order chi connectivity index (χ1) is 9.72. The molecular formula is C14H15N3OS2. The van der Waals surface area contributed by atoms with Gasteiger partial charge in [0.2, 0.25) is 5.91 Å². The Morgan fingerprint density at radius 2 is 2.20 bits per heavy atom. The Balaban J connectivity index is 1.68. The van der Waals surface area contributed by atoms with Crippen molar-refractivity contribution in [2.24, 2.45) is 0 Å². The van der Waals surface area contributed by atoms with E-state index in [9.17, 15) is 4.79 Å². The molecule has 6 heteroatoms. The number of rotatable bonds is 3. The van der Waals surface area contributed by atoms with Crippen LogP contribution in [-0.4, -0.2) is 28.6 Å². The van der Waals surface area contributed by atoms with Crippen LogP contribution in [0.2, 0.25) is 0 Å². The minimum atomic E-state index is -0.0825. The third-order valence-corrected chi connectivity index (χ3v) is 4.81. The van der Waals surface area contributed by atoms with Crippen molar-refractivity contribution >= 4 is 34.7 Å². The molecule has 1 atom stereocenters. The maximum atomic E-state index is 12.0. The molecule has 1 aliphatic rings. The average Bonchev–Trinajstić information content (AvgIpc) is 3.10. The second-order valence-electron chi connectivity index (χ2n) is 4.59. The van der Waals surface area contributed by atoms with Gasteiger partial charge < -0.3 is 5.32 Å². The molecule has 1 amide bonds. The van der Waals surface area contributed by atoms with Crippen LogP contribution in [0.15, 0.2) is 29.6 Å². The van der Waals surface area contributed by atoms with E-state index in [0.29, 0.717) is 0 Å². The van der Waals surface area contributed by atoms with Crippen molar-refractivity contribution in [2.45, 2.75) is 13.0 Å². The van der Waals surface area contributed by atoms with E-state index in [4.69, 9.17) is 0 Å². The van der Waals surface area contributed by atoms with Gasteiger partial charge in [-0.25, -0.2) is 4.98 Å². The number of anilines is 1. The van der Waals surface area contributed by atoms with Gasteiger partial charge in [-0.3, -0.25) is 10.1 Å². The molecule has 4 nitrogen and oxygen atoms in total. The largest absolute Gasteiger partial charge is 0.325 e. The number of thiazole rings is 1. The molecule has 0 bridgehead atoms. The minimum Gasteiger partial charge on any atom is -0.325 e. The minimum absolute atomic E-state index is 0.0345. The zero-order valence-electron chi connectivity index (χ0n) is 11.1. The topological polar surface area (TPSA) is 54.0 Å². The van der Waals surface area contributed by atoms with Gasteiger partial charge in [0, 0.05) is 28.3 Å². The normalized spacial score (nSPS) is 18.1. The number of carbonyl (C=O) groups is 1. The highest BCUT2D eigenvalue weighted by Gasteiger charge is 2.22. The van der Waals surface area contributed by atoms with Crippen molar-refractivity contribution in [2.75, 3.05) is 16.9 Å². The summed E-state index contributed by atoms with van der Waals surface area (Å²) in [5.41, 5.74) is 2.88.